The Bertz CT molecular complexity index is 1160. The highest BCUT2D eigenvalue weighted by Gasteiger charge is 2.36. The highest BCUT2D eigenvalue weighted by atomic mass is 16.4. The van der Waals surface area contributed by atoms with Crippen LogP contribution in [0.3, 0.4) is 0 Å². The number of hydrazine groups is 1. The van der Waals surface area contributed by atoms with Crippen LogP contribution in [-0.2, 0) is 22.4 Å². The Morgan fingerprint density at radius 3 is 2.31 bits per heavy atom. The Morgan fingerprint density at radius 1 is 0.978 bits per heavy atom. The van der Waals surface area contributed by atoms with Crippen molar-refractivity contribution in [1.82, 2.24) is 26.1 Å². The number of aliphatic carboxylic acids is 1. The van der Waals surface area contributed by atoms with Gasteiger partial charge in [-0.1, -0.05) is 81.8 Å². The summed E-state index contributed by atoms with van der Waals surface area (Å²) in [5, 5.41) is 28.3. The first-order valence-corrected chi connectivity index (χ1v) is 16.7. The van der Waals surface area contributed by atoms with Gasteiger partial charge in [-0.2, -0.15) is 0 Å². The van der Waals surface area contributed by atoms with Crippen LogP contribution in [0.25, 0.3) is 0 Å². The third-order valence-corrected chi connectivity index (χ3v) is 8.45. The molecule has 3 rings (SSSR count). The number of carbonyl (C=O) groups is 3. The molecule has 1 aromatic heterocycles. The van der Waals surface area contributed by atoms with Crippen molar-refractivity contribution < 1.29 is 24.6 Å². The Morgan fingerprint density at radius 2 is 1.69 bits per heavy atom. The van der Waals surface area contributed by atoms with Gasteiger partial charge in [-0.3, -0.25) is 9.78 Å². The van der Waals surface area contributed by atoms with E-state index in [1.54, 1.807) is 6.20 Å². The van der Waals surface area contributed by atoms with E-state index < -0.39 is 42.1 Å². The second-order valence-electron chi connectivity index (χ2n) is 12.6. The highest BCUT2D eigenvalue weighted by Crippen LogP contribution is 2.29. The summed E-state index contributed by atoms with van der Waals surface area (Å²) in [6, 6.07) is 11.8. The summed E-state index contributed by atoms with van der Waals surface area (Å²) in [7, 11) is 0. The molecular formula is C35H53N5O5. The van der Waals surface area contributed by atoms with Crippen LogP contribution in [-0.4, -0.2) is 68.4 Å². The van der Waals surface area contributed by atoms with Crippen LogP contribution in [0.15, 0.2) is 54.7 Å². The summed E-state index contributed by atoms with van der Waals surface area (Å²) in [6.07, 6.45) is 10.2. The molecule has 0 aliphatic heterocycles. The van der Waals surface area contributed by atoms with Crippen LogP contribution < -0.4 is 16.1 Å². The number of carboxylic acids is 1. The predicted molar refractivity (Wildman–Crippen MR) is 175 cm³/mol. The lowest BCUT2D eigenvalue weighted by molar-refractivity contribution is -0.143. The molecule has 0 bridgehead atoms. The fourth-order valence-corrected chi connectivity index (χ4v) is 6.06. The van der Waals surface area contributed by atoms with E-state index in [1.807, 2.05) is 69.3 Å². The second-order valence-corrected chi connectivity index (χ2v) is 12.6. The number of aryl methyl sites for hydroxylation is 1. The maximum atomic E-state index is 13.9. The van der Waals surface area contributed by atoms with Crippen LogP contribution in [0, 0.1) is 5.92 Å². The Balaban J connectivity index is 1.92. The molecule has 3 amide bonds. The molecule has 0 unspecified atom stereocenters. The number of benzene rings is 1. The number of aromatic nitrogens is 1. The number of hydrogen-bond acceptors (Lipinski definition) is 6. The largest absolute Gasteiger partial charge is 0.480 e. The molecule has 45 heavy (non-hydrogen) atoms. The Kier molecular flexibility index (Phi) is 15.3. The van der Waals surface area contributed by atoms with Gasteiger partial charge in [0.05, 0.1) is 12.1 Å². The lowest BCUT2D eigenvalue weighted by atomic mass is 9.83. The number of carbonyl (C=O) groups excluding carboxylic acids is 2. The van der Waals surface area contributed by atoms with Crippen molar-refractivity contribution in [2.75, 3.05) is 0 Å². The van der Waals surface area contributed by atoms with Crippen molar-refractivity contribution in [3.8, 4) is 0 Å². The molecule has 1 aromatic carbocycles. The van der Waals surface area contributed by atoms with Crippen LogP contribution >= 0.6 is 0 Å². The zero-order valence-electron chi connectivity index (χ0n) is 27.2. The maximum Gasteiger partial charge on any atom is 0.332 e. The van der Waals surface area contributed by atoms with Crippen LogP contribution in [0.1, 0.15) is 96.2 Å². The molecule has 0 spiro atoms. The number of carboxylic acid groups (broad SMARTS) is 1. The van der Waals surface area contributed by atoms with Crippen LogP contribution in [0.5, 0.6) is 0 Å². The van der Waals surface area contributed by atoms with Gasteiger partial charge >= 0.3 is 12.0 Å². The topological polar surface area (TPSA) is 144 Å². The highest BCUT2D eigenvalue weighted by molar-refractivity contribution is 5.90. The first kappa shape index (κ1) is 36.0. The normalized spacial score (nSPS) is 16.4. The van der Waals surface area contributed by atoms with Gasteiger partial charge in [0.1, 0.15) is 12.1 Å². The molecule has 0 radical (unpaired) electrons. The summed E-state index contributed by atoms with van der Waals surface area (Å²) in [6.45, 7) is 5.55. The quantitative estimate of drug-likeness (QED) is 0.147. The Labute approximate surface area is 268 Å². The molecule has 10 nitrogen and oxygen atoms in total. The van der Waals surface area contributed by atoms with Crippen molar-refractivity contribution in [1.29, 1.82) is 0 Å². The number of amides is 3. The smallest absolute Gasteiger partial charge is 0.332 e. The molecule has 1 aliphatic carbocycles. The Hall–Kier alpha value is -3.50. The zero-order chi connectivity index (χ0) is 32.6. The van der Waals surface area contributed by atoms with Crippen molar-refractivity contribution in [2.45, 2.75) is 128 Å². The summed E-state index contributed by atoms with van der Waals surface area (Å²) < 4.78 is 0. The fourth-order valence-electron chi connectivity index (χ4n) is 6.06. The first-order valence-electron chi connectivity index (χ1n) is 16.7. The van der Waals surface area contributed by atoms with Gasteiger partial charge in [0, 0.05) is 24.4 Å². The summed E-state index contributed by atoms with van der Waals surface area (Å²) in [5.41, 5.74) is 5.12. The van der Waals surface area contributed by atoms with E-state index in [4.69, 9.17) is 0 Å². The first-order chi connectivity index (χ1) is 21.7. The van der Waals surface area contributed by atoms with Gasteiger partial charge in [-0.25, -0.2) is 20.0 Å². The number of nitrogens with one attached hydrogen (secondary N) is 3. The van der Waals surface area contributed by atoms with Crippen molar-refractivity contribution in [3.63, 3.8) is 0 Å². The fraction of sp³-hybridized carbons (Fsp3) is 0.600. The summed E-state index contributed by atoms with van der Waals surface area (Å²) in [4.78, 5) is 44.2. The van der Waals surface area contributed by atoms with E-state index in [2.05, 4.69) is 21.0 Å². The predicted octanol–water partition coefficient (Wildman–Crippen LogP) is 5.01. The standard InChI is InChI=1S/C35H53N5O5/c1-4-14-29(34(43)44)38-33(42)31(24-27-17-9-6-10-18-27)40(35(45)37-25(2)3)39-30(23-26-15-7-5-8-16-26)32(41)21-13-20-28-19-11-12-22-36-28/h6,9-12,17-19,22,25-26,29-32,39,41H,4-5,7-8,13-16,20-21,23-24H2,1-3H3,(H,37,45)(H,38,42)(H,43,44)/t29-,30-,31-,32-/m0/s1. The molecule has 248 valence electrons. The third-order valence-electron chi connectivity index (χ3n) is 8.45. The van der Waals surface area contributed by atoms with Gasteiger partial charge < -0.3 is 20.8 Å². The minimum Gasteiger partial charge on any atom is -0.480 e. The number of aliphatic hydroxyl groups excluding tert-OH is 1. The van der Waals surface area contributed by atoms with E-state index in [0.717, 1.165) is 43.4 Å². The lowest BCUT2D eigenvalue weighted by Gasteiger charge is -2.38. The summed E-state index contributed by atoms with van der Waals surface area (Å²) >= 11 is 0. The zero-order valence-corrected chi connectivity index (χ0v) is 27.2. The monoisotopic (exact) mass is 623 g/mol. The van der Waals surface area contributed by atoms with E-state index in [1.165, 1.54) is 11.4 Å². The average Bonchev–Trinajstić information content (AvgIpc) is 3.02. The molecular weight excluding hydrogens is 570 g/mol. The number of nitrogens with zero attached hydrogens (tertiary/aromatic N) is 2. The number of urea groups is 1. The molecule has 1 fully saturated rings. The molecule has 1 aliphatic rings. The van der Waals surface area contributed by atoms with E-state index >= 15 is 0 Å². The van der Waals surface area contributed by atoms with E-state index in [0.29, 0.717) is 31.6 Å². The van der Waals surface area contributed by atoms with Crippen molar-refractivity contribution in [2.24, 2.45) is 5.92 Å². The van der Waals surface area contributed by atoms with Gasteiger partial charge in [0.15, 0.2) is 0 Å². The average molecular weight is 624 g/mol. The van der Waals surface area contributed by atoms with Crippen LogP contribution in [0.2, 0.25) is 0 Å². The minimum atomic E-state index is -1.12. The van der Waals surface area contributed by atoms with Crippen LogP contribution in [0.4, 0.5) is 4.79 Å². The summed E-state index contributed by atoms with van der Waals surface area (Å²) in [5.74, 6) is -1.29. The van der Waals surface area contributed by atoms with Crippen molar-refractivity contribution in [3.05, 3.63) is 66.0 Å². The van der Waals surface area contributed by atoms with Gasteiger partial charge in [0.2, 0.25) is 5.91 Å². The van der Waals surface area contributed by atoms with E-state index in [-0.39, 0.29) is 18.9 Å². The second kappa shape index (κ2) is 19.1. The maximum absolute atomic E-state index is 13.9. The van der Waals surface area contributed by atoms with E-state index in [9.17, 15) is 24.6 Å². The lowest BCUT2D eigenvalue weighted by Crippen LogP contribution is -2.64. The number of rotatable bonds is 18. The SMILES string of the molecule is CCC[C@H](NC(=O)[C@H](Cc1ccccc1)N(N[C@@H](CC1CCCCC1)[C@@H](O)CCCc1ccccn1)C(=O)NC(C)C)C(=O)O. The number of hydrogen-bond donors (Lipinski definition) is 5. The third kappa shape index (κ3) is 12.4. The number of pyridine rings is 1. The molecule has 1 saturated carbocycles. The molecule has 0 saturated heterocycles. The van der Waals surface area contributed by atoms with Crippen molar-refractivity contribution >= 4 is 17.9 Å². The molecule has 5 N–H and O–H groups in total. The van der Waals surface area contributed by atoms with Gasteiger partial charge in [-0.05, 0) is 69.6 Å². The van der Waals surface area contributed by atoms with Gasteiger partial charge in [-0.15, -0.1) is 0 Å². The number of aliphatic hydroxyl groups is 1. The molecule has 2 aromatic rings. The minimum absolute atomic E-state index is 0.162. The molecule has 10 heteroatoms. The van der Waals surface area contributed by atoms with Gasteiger partial charge in [0.25, 0.3) is 0 Å². The molecule has 4 atom stereocenters. The molecule has 1 heterocycles.